The standard InChI is InChI=1S/C16H28Cl2O4/c1-3-13(17)11-15(19)21-9-7-5-6-8-10-22-16(20)12-14(18)4-2/h13-14H,3-12H2,1-2H3. The average molecular weight is 355 g/mol. The first-order valence-corrected chi connectivity index (χ1v) is 8.96. The fourth-order valence-corrected chi connectivity index (χ4v) is 1.95. The van der Waals surface area contributed by atoms with Crippen LogP contribution in [0, 0.1) is 0 Å². The van der Waals surface area contributed by atoms with Gasteiger partial charge in [-0.2, -0.15) is 0 Å². The van der Waals surface area contributed by atoms with Crippen molar-refractivity contribution in [1.29, 1.82) is 0 Å². The van der Waals surface area contributed by atoms with Gasteiger partial charge in [0.05, 0.1) is 26.1 Å². The summed E-state index contributed by atoms with van der Waals surface area (Å²) >= 11 is 11.7. The third-order valence-corrected chi connectivity index (χ3v) is 4.15. The minimum Gasteiger partial charge on any atom is -0.466 e. The van der Waals surface area contributed by atoms with Gasteiger partial charge in [0.2, 0.25) is 0 Å². The van der Waals surface area contributed by atoms with Crippen molar-refractivity contribution in [2.45, 2.75) is 76.0 Å². The monoisotopic (exact) mass is 354 g/mol. The smallest absolute Gasteiger partial charge is 0.307 e. The second-order valence-electron chi connectivity index (χ2n) is 5.27. The predicted molar refractivity (Wildman–Crippen MR) is 89.5 cm³/mol. The summed E-state index contributed by atoms with van der Waals surface area (Å²) in [5, 5.41) is -0.273. The molecule has 6 heteroatoms. The van der Waals surface area contributed by atoms with Gasteiger partial charge in [0, 0.05) is 10.8 Å². The first-order valence-electron chi connectivity index (χ1n) is 8.08. The van der Waals surface area contributed by atoms with Gasteiger partial charge in [0.1, 0.15) is 0 Å². The summed E-state index contributed by atoms with van der Waals surface area (Å²) in [4.78, 5) is 22.7. The third-order valence-electron chi connectivity index (χ3n) is 3.23. The van der Waals surface area contributed by atoms with Crippen LogP contribution in [0.4, 0.5) is 0 Å². The molecule has 0 aliphatic heterocycles. The number of halogens is 2. The van der Waals surface area contributed by atoms with Crippen LogP contribution in [0.15, 0.2) is 0 Å². The molecular weight excluding hydrogens is 327 g/mol. The molecule has 2 atom stereocenters. The Morgan fingerprint density at radius 3 is 1.45 bits per heavy atom. The molecule has 4 nitrogen and oxygen atoms in total. The van der Waals surface area contributed by atoms with Crippen LogP contribution in [0.2, 0.25) is 0 Å². The van der Waals surface area contributed by atoms with Crippen molar-refractivity contribution >= 4 is 35.1 Å². The van der Waals surface area contributed by atoms with Gasteiger partial charge in [-0.05, 0) is 38.5 Å². The Balaban J connectivity index is 3.37. The first-order chi connectivity index (χ1) is 10.5. The number of ether oxygens (including phenoxy) is 2. The van der Waals surface area contributed by atoms with Crippen LogP contribution < -0.4 is 0 Å². The molecule has 0 aromatic heterocycles. The second-order valence-corrected chi connectivity index (χ2v) is 6.51. The molecule has 0 aliphatic carbocycles. The van der Waals surface area contributed by atoms with Crippen molar-refractivity contribution in [3.63, 3.8) is 0 Å². The van der Waals surface area contributed by atoms with E-state index >= 15 is 0 Å². The Labute approximate surface area is 143 Å². The highest BCUT2D eigenvalue weighted by Gasteiger charge is 2.10. The first kappa shape index (κ1) is 21.5. The van der Waals surface area contributed by atoms with E-state index in [9.17, 15) is 9.59 Å². The van der Waals surface area contributed by atoms with Crippen LogP contribution in [0.3, 0.4) is 0 Å². The summed E-state index contributed by atoms with van der Waals surface area (Å²) in [6, 6.07) is 0. The Morgan fingerprint density at radius 2 is 1.14 bits per heavy atom. The van der Waals surface area contributed by atoms with Gasteiger partial charge < -0.3 is 9.47 Å². The van der Waals surface area contributed by atoms with E-state index in [0.717, 1.165) is 38.5 Å². The van der Waals surface area contributed by atoms with E-state index in [1.54, 1.807) is 0 Å². The van der Waals surface area contributed by atoms with E-state index in [1.807, 2.05) is 13.8 Å². The van der Waals surface area contributed by atoms with Crippen molar-refractivity contribution in [3.05, 3.63) is 0 Å². The molecule has 0 heterocycles. The average Bonchev–Trinajstić information content (AvgIpc) is 2.49. The topological polar surface area (TPSA) is 52.6 Å². The number of carbonyl (C=O) groups is 2. The number of hydrogen-bond acceptors (Lipinski definition) is 4. The fourth-order valence-electron chi connectivity index (χ4n) is 1.70. The van der Waals surface area contributed by atoms with Crippen molar-refractivity contribution in [2.75, 3.05) is 13.2 Å². The van der Waals surface area contributed by atoms with E-state index in [-0.39, 0.29) is 35.5 Å². The lowest BCUT2D eigenvalue weighted by Gasteiger charge is -2.08. The fraction of sp³-hybridized carbons (Fsp3) is 0.875. The summed E-state index contributed by atoms with van der Waals surface area (Å²) in [6.07, 6.45) is 5.58. The van der Waals surface area contributed by atoms with E-state index < -0.39 is 0 Å². The van der Waals surface area contributed by atoms with Crippen molar-refractivity contribution < 1.29 is 19.1 Å². The van der Waals surface area contributed by atoms with Crippen LogP contribution in [0.25, 0.3) is 0 Å². The minimum atomic E-state index is -0.234. The van der Waals surface area contributed by atoms with Crippen LogP contribution >= 0.6 is 23.2 Å². The number of rotatable bonds is 13. The summed E-state index contributed by atoms with van der Waals surface area (Å²) < 4.78 is 10.2. The Hall–Kier alpha value is -0.480. The van der Waals surface area contributed by atoms with Gasteiger partial charge >= 0.3 is 11.9 Å². The molecular formula is C16H28Cl2O4. The van der Waals surface area contributed by atoms with Crippen molar-refractivity contribution in [1.82, 2.24) is 0 Å². The van der Waals surface area contributed by atoms with E-state index in [4.69, 9.17) is 32.7 Å². The molecule has 0 spiro atoms. The Morgan fingerprint density at radius 1 is 0.773 bits per heavy atom. The number of alkyl halides is 2. The minimum absolute atomic E-state index is 0.137. The number of carbonyl (C=O) groups excluding carboxylic acids is 2. The van der Waals surface area contributed by atoms with Gasteiger partial charge in [-0.3, -0.25) is 9.59 Å². The lowest BCUT2D eigenvalue weighted by atomic mass is 10.2. The van der Waals surface area contributed by atoms with Gasteiger partial charge in [0.15, 0.2) is 0 Å². The molecule has 0 N–H and O–H groups in total. The lowest BCUT2D eigenvalue weighted by Crippen LogP contribution is -2.12. The van der Waals surface area contributed by atoms with Gasteiger partial charge in [-0.1, -0.05) is 13.8 Å². The van der Waals surface area contributed by atoms with Crippen LogP contribution in [-0.4, -0.2) is 35.9 Å². The summed E-state index contributed by atoms with van der Waals surface area (Å²) in [7, 11) is 0. The van der Waals surface area contributed by atoms with Crippen LogP contribution in [0.1, 0.15) is 65.2 Å². The second kappa shape index (κ2) is 14.1. The van der Waals surface area contributed by atoms with Crippen molar-refractivity contribution in [3.8, 4) is 0 Å². The Bertz CT molecular complexity index is 281. The highest BCUT2D eigenvalue weighted by molar-refractivity contribution is 6.21. The lowest BCUT2D eigenvalue weighted by molar-refractivity contribution is -0.145. The van der Waals surface area contributed by atoms with E-state index in [0.29, 0.717) is 13.2 Å². The summed E-state index contributed by atoms with van der Waals surface area (Å²) in [5.74, 6) is -0.468. The molecule has 0 radical (unpaired) electrons. The van der Waals surface area contributed by atoms with E-state index in [2.05, 4.69) is 0 Å². The zero-order valence-corrected chi connectivity index (χ0v) is 15.1. The zero-order valence-electron chi connectivity index (χ0n) is 13.6. The van der Waals surface area contributed by atoms with Crippen molar-refractivity contribution in [2.24, 2.45) is 0 Å². The highest BCUT2D eigenvalue weighted by Crippen LogP contribution is 2.09. The maximum Gasteiger partial charge on any atom is 0.307 e. The number of hydrogen-bond donors (Lipinski definition) is 0. The summed E-state index contributed by atoms with van der Waals surface area (Å²) in [5.41, 5.74) is 0. The molecule has 130 valence electrons. The van der Waals surface area contributed by atoms with Gasteiger partial charge in [0.25, 0.3) is 0 Å². The third kappa shape index (κ3) is 13.2. The molecule has 22 heavy (non-hydrogen) atoms. The Kier molecular flexibility index (Phi) is 13.8. The highest BCUT2D eigenvalue weighted by atomic mass is 35.5. The molecule has 0 rings (SSSR count). The molecule has 0 aromatic carbocycles. The molecule has 0 aliphatic rings. The molecule has 0 saturated carbocycles. The summed E-state index contributed by atoms with van der Waals surface area (Å²) in [6.45, 7) is 4.73. The number of esters is 2. The molecule has 0 fully saturated rings. The SMILES string of the molecule is CCC(Cl)CC(=O)OCCCCCCOC(=O)CC(Cl)CC. The van der Waals surface area contributed by atoms with Crippen LogP contribution in [0.5, 0.6) is 0 Å². The predicted octanol–water partition coefficient (Wildman–Crippen LogP) is 4.45. The molecule has 2 unspecified atom stereocenters. The van der Waals surface area contributed by atoms with Gasteiger partial charge in [-0.25, -0.2) is 0 Å². The molecule has 0 saturated heterocycles. The zero-order chi connectivity index (χ0) is 16.8. The maximum absolute atomic E-state index is 11.4. The quantitative estimate of drug-likeness (QED) is 0.278. The number of unbranched alkanes of at least 4 members (excludes halogenated alkanes) is 3. The van der Waals surface area contributed by atoms with E-state index in [1.165, 1.54) is 0 Å². The normalized spacial score (nSPS) is 13.5. The molecule has 0 bridgehead atoms. The maximum atomic E-state index is 11.4. The largest absolute Gasteiger partial charge is 0.466 e. The molecule has 0 aromatic rings. The molecule has 0 amide bonds. The van der Waals surface area contributed by atoms with Crippen LogP contribution in [-0.2, 0) is 19.1 Å². The van der Waals surface area contributed by atoms with Gasteiger partial charge in [-0.15, -0.1) is 23.2 Å².